The number of fused-ring (bicyclic) bond motifs is 1. The number of halogens is 1. The lowest BCUT2D eigenvalue weighted by Gasteiger charge is -2.34. The molecule has 1 aromatic heterocycles. The number of amides is 1. The van der Waals surface area contributed by atoms with Crippen LogP contribution in [0, 0.1) is 0 Å². The molecule has 0 aliphatic carbocycles. The van der Waals surface area contributed by atoms with Crippen LogP contribution in [0.15, 0.2) is 58.2 Å². The van der Waals surface area contributed by atoms with Gasteiger partial charge in [0.1, 0.15) is 0 Å². The molecule has 3 aromatic rings. The topological polar surface area (TPSA) is 86.4 Å². The number of carbonyl (C=O) groups is 1. The van der Waals surface area contributed by atoms with Crippen LogP contribution in [0.2, 0.25) is 0 Å². The Hall–Kier alpha value is -2.23. The zero-order valence-electron chi connectivity index (χ0n) is 14.3. The first-order valence-corrected chi connectivity index (χ1v) is 10.7. The fourth-order valence-electron chi connectivity index (χ4n) is 3.14. The summed E-state index contributed by atoms with van der Waals surface area (Å²) >= 11 is 3.31. The average molecular weight is 449 g/mol. The molecule has 1 fully saturated rings. The molecule has 0 bridgehead atoms. The van der Waals surface area contributed by atoms with E-state index in [1.807, 2.05) is 0 Å². The number of hydrogen-bond acceptors (Lipinski definition) is 4. The van der Waals surface area contributed by atoms with Crippen molar-refractivity contribution in [1.29, 1.82) is 0 Å². The van der Waals surface area contributed by atoms with E-state index < -0.39 is 10.0 Å². The number of nitrogens with zero attached hydrogens (tertiary/aromatic N) is 3. The summed E-state index contributed by atoms with van der Waals surface area (Å²) in [5.41, 5.74) is 2.17. The van der Waals surface area contributed by atoms with Crippen molar-refractivity contribution in [3.63, 3.8) is 0 Å². The summed E-state index contributed by atoms with van der Waals surface area (Å²) < 4.78 is 27.8. The third kappa shape index (κ3) is 3.50. The molecule has 1 aliphatic heterocycles. The second-order valence-corrected chi connectivity index (χ2v) is 9.14. The maximum Gasteiger partial charge on any atom is 0.254 e. The monoisotopic (exact) mass is 448 g/mol. The summed E-state index contributed by atoms with van der Waals surface area (Å²) in [5.74, 6) is -0.104. The largest absolute Gasteiger partial charge is 0.345 e. The van der Waals surface area contributed by atoms with Crippen molar-refractivity contribution in [1.82, 2.24) is 19.2 Å². The Balaban J connectivity index is 1.46. The van der Waals surface area contributed by atoms with E-state index in [0.717, 1.165) is 15.5 Å². The van der Waals surface area contributed by atoms with Crippen molar-refractivity contribution in [2.24, 2.45) is 0 Å². The van der Waals surface area contributed by atoms with Crippen LogP contribution in [0.25, 0.3) is 11.0 Å². The molecule has 9 heteroatoms. The minimum atomic E-state index is -3.55. The first-order valence-electron chi connectivity index (χ1n) is 8.43. The van der Waals surface area contributed by atoms with Gasteiger partial charge < -0.3 is 9.88 Å². The second kappa shape index (κ2) is 7.06. The summed E-state index contributed by atoms with van der Waals surface area (Å²) in [4.78, 5) is 21.8. The molecule has 0 saturated carbocycles. The lowest BCUT2D eigenvalue weighted by molar-refractivity contribution is 0.0698. The highest BCUT2D eigenvalue weighted by atomic mass is 79.9. The Bertz CT molecular complexity index is 1090. The minimum absolute atomic E-state index is 0.104. The molecule has 0 unspecified atom stereocenters. The van der Waals surface area contributed by atoms with Gasteiger partial charge in [-0.1, -0.05) is 15.9 Å². The highest BCUT2D eigenvalue weighted by molar-refractivity contribution is 9.10. The number of sulfonamides is 1. The van der Waals surface area contributed by atoms with Crippen LogP contribution in [0.1, 0.15) is 10.4 Å². The third-order valence-corrected chi connectivity index (χ3v) is 7.09. The van der Waals surface area contributed by atoms with E-state index in [1.165, 1.54) is 4.31 Å². The summed E-state index contributed by atoms with van der Waals surface area (Å²) in [6.07, 6.45) is 1.59. The van der Waals surface area contributed by atoms with Crippen LogP contribution in [0.5, 0.6) is 0 Å². The number of carbonyl (C=O) groups excluding carboxylic acids is 1. The summed E-state index contributed by atoms with van der Waals surface area (Å²) in [5, 5.41) is 0. The van der Waals surface area contributed by atoms with E-state index in [4.69, 9.17) is 0 Å². The van der Waals surface area contributed by atoms with Crippen LogP contribution in [-0.2, 0) is 10.0 Å². The van der Waals surface area contributed by atoms with Crippen LogP contribution >= 0.6 is 15.9 Å². The molecule has 1 N–H and O–H groups in total. The van der Waals surface area contributed by atoms with Crippen LogP contribution in [0.3, 0.4) is 0 Å². The highest BCUT2D eigenvalue weighted by Gasteiger charge is 2.30. The van der Waals surface area contributed by atoms with Crippen molar-refractivity contribution >= 4 is 42.9 Å². The average Bonchev–Trinajstić information content (AvgIpc) is 3.15. The van der Waals surface area contributed by atoms with Crippen molar-refractivity contribution < 1.29 is 13.2 Å². The second-order valence-electron chi connectivity index (χ2n) is 6.28. The highest BCUT2D eigenvalue weighted by Crippen LogP contribution is 2.21. The zero-order chi connectivity index (χ0) is 19.0. The SMILES string of the molecule is O=C(c1ccc2nc[nH]c2c1)N1CCN(S(=O)(=O)c2ccc(Br)cc2)CC1. The molecule has 0 atom stereocenters. The first-order chi connectivity index (χ1) is 12.9. The van der Waals surface area contributed by atoms with Gasteiger partial charge in [0.05, 0.1) is 22.3 Å². The normalized spacial score (nSPS) is 16.0. The van der Waals surface area contributed by atoms with Gasteiger partial charge in [0.15, 0.2) is 0 Å². The van der Waals surface area contributed by atoms with Gasteiger partial charge >= 0.3 is 0 Å². The molecule has 1 amide bonds. The molecule has 1 aliphatic rings. The molecule has 0 spiro atoms. The first kappa shape index (κ1) is 18.1. The lowest BCUT2D eigenvalue weighted by Crippen LogP contribution is -2.50. The number of aromatic amines is 1. The predicted octanol–water partition coefficient (Wildman–Crippen LogP) is 2.47. The van der Waals surface area contributed by atoms with Crippen LogP contribution in [0.4, 0.5) is 0 Å². The summed E-state index contributed by atoms with van der Waals surface area (Å²) in [7, 11) is -3.55. The van der Waals surface area contributed by atoms with E-state index >= 15 is 0 Å². The fourth-order valence-corrected chi connectivity index (χ4v) is 4.82. The van der Waals surface area contributed by atoms with E-state index in [2.05, 4.69) is 25.9 Å². The minimum Gasteiger partial charge on any atom is -0.345 e. The number of imidazole rings is 1. The Labute approximate surface area is 165 Å². The molecule has 140 valence electrons. The maximum absolute atomic E-state index is 12.8. The van der Waals surface area contributed by atoms with Crippen molar-refractivity contribution in [2.45, 2.75) is 4.90 Å². The van der Waals surface area contributed by atoms with Gasteiger partial charge in [0.25, 0.3) is 5.91 Å². The lowest BCUT2D eigenvalue weighted by atomic mass is 10.1. The quantitative estimate of drug-likeness (QED) is 0.666. The Morgan fingerprint density at radius 2 is 1.74 bits per heavy atom. The number of piperazine rings is 1. The molecule has 0 radical (unpaired) electrons. The maximum atomic E-state index is 12.8. The molecule has 4 rings (SSSR count). The van der Waals surface area contributed by atoms with Crippen LogP contribution < -0.4 is 0 Å². The van der Waals surface area contributed by atoms with E-state index in [-0.39, 0.29) is 23.9 Å². The molecule has 2 heterocycles. The molecule has 7 nitrogen and oxygen atoms in total. The Morgan fingerprint density at radius 1 is 1.04 bits per heavy atom. The smallest absolute Gasteiger partial charge is 0.254 e. The van der Waals surface area contributed by atoms with Gasteiger partial charge in [0.2, 0.25) is 10.0 Å². The van der Waals surface area contributed by atoms with Crippen LogP contribution in [-0.4, -0.2) is 59.7 Å². The number of benzene rings is 2. The predicted molar refractivity (Wildman–Crippen MR) is 105 cm³/mol. The van der Waals surface area contributed by atoms with E-state index in [0.29, 0.717) is 18.7 Å². The molecule has 2 aromatic carbocycles. The zero-order valence-corrected chi connectivity index (χ0v) is 16.7. The van der Waals surface area contributed by atoms with Gasteiger partial charge in [-0.2, -0.15) is 4.31 Å². The van der Waals surface area contributed by atoms with Gasteiger partial charge in [0, 0.05) is 36.2 Å². The molecule has 27 heavy (non-hydrogen) atoms. The standard InChI is InChI=1S/C18H17BrN4O3S/c19-14-2-4-15(5-3-14)27(25,26)23-9-7-22(8-10-23)18(24)13-1-6-16-17(11-13)21-12-20-16/h1-6,11-12H,7-10H2,(H,20,21). The van der Waals surface area contributed by atoms with Gasteiger partial charge in [-0.05, 0) is 42.5 Å². The number of aromatic nitrogens is 2. The van der Waals surface area contributed by atoms with E-state index in [9.17, 15) is 13.2 Å². The molecular formula is C18H17BrN4O3S. The summed E-state index contributed by atoms with van der Waals surface area (Å²) in [6.45, 7) is 1.26. The number of hydrogen-bond donors (Lipinski definition) is 1. The number of nitrogens with one attached hydrogen (secondary N) is 1. The Morgan fingerprint density at radius 3 is 2.44 bits per heavy atom. The number of H-pyrrole nitrogens is 1. The van der Waals surface area contributed by atoms with Crippen molar-refractivity contribution in [3.8, 4) is 0 Å². The third-order valence-electron chi connectivity index (χ3n) is 4.64. The summed E-state index contributed by atoms with van der Waals surface area (Å²) in [6, 6.07) is 11.9. The Kier molecular flexibility index (Phi) is 4.75. The van der Waals surface area contributed by atoms with Crippen molar-refractivity contribution in [3.05, 3.63) is 58.8 Å². The van der Waals surface area contributed by atoms with Gasteiger partial charge in [-0.25, -0.2) is 13.4 Å². The molecular weight excluding hydrogens is 432 g/mol. The van der Waals surface area contributed by atoms with E-state index in [1.54, 1.807) is 53.7 Å². The number of rotatable bonds is 3. The molecule has 1 saturated heterocycles. The fraction of sp³-hybridized carbons (Fsp3) is 0.222. The van der Waals surface area contributed by atoms with Crippen molar-refractivity contribution in [2.75, 3.05) is 26.2 Å². The van der Waals surface area contributed by atoms with Gasteiger partial charge in [-0.15, -0.1) is 0 Å². The van der Waals surface area contributed by atoms with Gasteiger partial charge in [-0.3, -0.25) is 4.79 Å².